The molecule has 2 N–H and O–H groups in total. The van der Waals surface area contributed by atoms with Crippen molar-refractivity contribution in [2.24, 2.45) is 5.73 Å². The first kappa shape index (κ1) is 12.7. The van der Waals surface area contributed by atoms with Crippen molar-refractivity contribution < 1.29 is 0 Å². The number of rotatable bonds is 2. The van der Waals surface area contributed by atoms with Crippen LogP contribution < -0.4 is 5.73 Å². The number of aromatic nitrogens is 4. The highest BCUT2D eigenvalue weighted by molar-refractivity contribution is 7.16. The molecule has 0 saturated heterocycles. The second-order valence-electron chi connectivity index (χ2n) is 6.30. The molecule has 2 aromatic rings. The maximum Gasteiger partial charge on any atom is 0.234 e. The van der Waals surface area contributed by atoms with Crippen molar-refractivity contribution in [1.82, 2.24) is 19.8 Å². The van der Waals surface area contributed by atoms with Crippen LogP contribution in [-0.2, 0) is 0 Å². The molecule has 6 heteroatoms. The van der Waals surface area contributed by atoms with E-state index >= 15 is 0 Å². The van der Waals surface area contributed by atoms with Crippen molar-refractivity contribution in [1.29, 1.82) is 0 Å². The summed E-state index contributed by atoms with van der Waals surface area (Å²) in [5.41, 5.74) is 6.10. The van der Waals surface area contributed by atoms with Crippen LogP contribution in [0.25, 0.3) is 4.96 Å². The standard InChI is InChI=1S/C14H21N5S/c15-11-7-3-6-10(8-11)13-18-19-12(9-4-1-2-5-9)16-17-14(19)20-13/h9-11H,1-8,15H2. The van der Waals surface area contributed by atoms with Crippen molar-refractivity contribution in [3.8, 4) is 0 Å². The monoisotopic (exact) mass is 291 g/mol. The summed E-state index contributed by atoms with van der Waals surface area (Å²) in [7, 11) is 0. The molecule has 2 heterocycles. The van der Waals surface area contributed by atoms with E-state index in [0.717, 1.165) is 23.6 Å². The van der Waals surface area contributed by atoms with Gasteiger partial charge in [-0.05, 0) is 32.1 Å². The second kappa shape index (κ2) is 5.07. The molecule has 5 nitrogen and oxygen atoms in total. The molecule has 4 rings (SSSR count). The molecule has 2 atom stereocenters. The van der Waals surface area contributed by atoms with E-state index in [9.17, 15) is 0 Å². The van der Waals surface area contributed by atoms with Crippen molar-refractivity contribution in [3.63, 3.8) is 0 Å². The third-order valence-electron chi connectivity index (χ3n) is 4.81. The fourth-order valence-corrected chi connectivity index (χ4v) is 4.70. The van der Waals surface area contributed by atoms with E-state index < -0.39 is 0 Å². The van der Waals surface area contributed by atoms with Crippen LogP contribution >= 0.6 is 11.3 Å². The Bertz CT molecular complexity index is 598. The maximum atomic E-state index is 6.10. The Hall–Kier alpha value is -1.01. The average Bonchev–Trinajstić information content (AvgIpc) is 3.14. The average molecular weight is 291 g/mol. The molecule has 0 aromatic carbocycles. The van der Waals surface area contributed by atoms with Crippen LogP contribution in [0.3, 0.4) is 0 Å². The minimum Gasteiger partial charge on any atom is -0.328 e. The Morgan fingerprint density at radius 2 is 1.80 bits per heavy atom. The molecule has 2 saturated carbocycles. The summed E-state index contributed by atoms with van der Waals surface area (Å²) in [5, 5.41) is 14.8. The normalized spacial score (nSPS) is 28.4. The SMILES string of the molecule is NC1CCCC(c2nn3c(C4CCCC4)nnc3s2)C1. The van der Waals surface area contributed by atoms with Crippen molar-refractivity contribution in [2.45, 2.75) is 69.2 Å². The first-order chi connectivity index (χ1) is 9.81. The lowest BCUT2D eigenvalue weighted by molar-refractivity contribution is 0.390. The van der Waals surface area contributed by atoms with E-state index in [4.69, 9.17) is 10.8 Å². The minimum atomic E-state index is 0.345. The van der Waals surface area contributed by atoms with Crippen molar-refractivity contribution >= 4 is 16.3 Å². The van der Waals surface area contributed by atoms with Crippen LogP contribution in [0.5, 0.6) is 0 Å². The molecule has 2 aromatic heterocycles. The van der Waals surface area contributed by atoms with E-state index in [1.54, 1.807) is 11.3 Å². The topological polar surface area (TPSA) is 69.1 Å². The molecule has 2 aliphatic rings. The maximum absolute atomic E-state index is 6.10. The third kappa shape index (κ3) is 2.15. The van der Waals surface area contributed by atoms with Gasteiger partial charge in [0.2, 0.25) is 4.96 Å². The fraction of sp³-hybridized carbons (Fsp3) is 0.786. The molecule has 108 valence electrons. The molecule has 2 fully saturated rings. The Morgan fingerprint density at radius 3 is 2.60 bits per heavy atom. The van der Waals surface area contributed by atoms with E-state index in [1.807, 2.05) is 4.52 Å². The van der Waals surface area contributed by atoms with Crippen molar-refractivity contribution in [3.05, 3.63) is 10.8 Å². The number of fused-ring (bicyclic) bond motifs is 1. The van der Waals surface area contributed by atoms with E-state index in [0.29, 0.717) is 17.9 Å². The first-order valence-corrected chi connectivity index (χ1v) is 8.60. The molecule has 20 heavy (non-hydrogen) atoms. The van der Waals surface area contributed by atoms with Crippen LogP contribution in [-0.4, -0.2) is 25.9 Å². The Balaban J connectivity index is 1.65. The molecule has 0 bridgehead atoms. The molecule has 0 radical (unpaired) electrons. The zero-order chi connectivity index (χ0) is 13.5. The second-order valence-corrected chi connectivity index (χ2v) is 7.29. The van der Waals surface area contributed by atoms with Gasteiger partial charge in [0.1, 0.15) is 5.01 Å². The lowest BCUT2D eigenvalue weighted by Crippen LogP contribution is -2.26. The molecule has 0 spiro atoms. The van der Waals surface area contributed by atoms with Gasteiger partial charge in [0, 0.05) is 17.9 Å². The van der Waals surface area contributed by atoms with Gasteiger partial charge in [-0.2, -0.15) is 9.61 Å². The Morgan fingerprint density at radius 1 is 1.00 bits per heavy atom. The van der Waals surface area contributed by atoms with Crippen LogP contribution in [0, 0.1) is 0 Å². The Kier molecular flexibility index (Phi) is 3.22. The Labute approximate surface area is 122 Å². The fourth-order valence-electron chi connectivity index (χ4n) is 3.70. The molecular formula is C14H21N5S. The highest BCUT2D eigenvalue weighted by atomic mass is 32.1. The third-order valence-corrected chi connectivity index (χ3v) is 5.88. The van der Waals surface area contributed by atoms with Gasteiger partial charge in [0.05, 0.1) is 0 Å². The van der Waals surface area contributed by atoms with Crippen LogP contribution in [0.4, 0.5) is 0 Å². The van der Waals surface area contributed by atoms with Gasteiger partial charge in [0.25, 0.3) is 0 Å². The number of hydrogen-bond acceptors (Lipinski definition) is 5. The smallest absolute Gasteiger partial charge is 0.234 e. The lowest BCUT2D eigenvalue weighted by atomic mass is 9.87. The van der Waals surface area contributed by atoms with E-state index in [1.165, 1.54) is 43.5 Å². The van der Waals surface area contributed by atoms with Gasteiger partial charge in [-0.1, -0.05) is 30.6 Å². The summed E-state index contributed by atoms with van der Waals surface area (Å²) in [4.78, 5) is 0.959. The summed E-state index contributed by atoms with van der Waals surface area (Å²) in [6.45, 7) is 0. The zero-order valence-electron chi connectivity index (χ0n) is 11.7. The van der Waals surface area contributed by atoms with Gasteiger partial charge < -0.3 is 5.73 Å². The summed E-state index contributed by atoms with van der Waals surface area (Å²) < 4.78 is 2.01. The largest absolute Gasteiger partial charge is 0.328 e. The highest BCUT2D eigenvalue weighted by Crippen LogP contribution is 2.37. The van der Waals surface area contributed by atoms with E-state index in [-0.39, 0.29) is 0 Å². The van der Waals surface area contributed by atoms with Gasteiger partial charge in [-0.25, -0.2) is 0 Å². The molecule has 2 unspecified atom stereocenters. The zero-order valence-corrected chi connectivity index (χ0v) is 12.5. The molecule has 0 aliphatic heterocycles. The summed E-state index contributed by atoms with van der Waals surface area (Å²) in [6.07, 6.45) is 9.78. The summed E-state index contributed by atoms with van der Waals surface area (Å²) in [5.74, 6) is 2.18. The van der Waals surface area contributed by atoms with Gasteiger partial charge in [-0.15, -0.1) is 10.2 Å². The minimum absolute atomic E-state index is 0.345. The quantitative estimate of drug-likeness (QED) is 0.923. The number of hydrogen-bond donors (Lipinski definition) is 1. The van der Waals surface area contributed by atoms with Crippen LogP contribution in [0.1, 0.15) is 74.0 Å². The lowest BCUT2D eigenvalue weighted by Gasteiger charge is -2.24. The van der Waals surface area contributed by atoms with Crippen LogP contribution in [0.15, 0.2) is 0 Å². The predicted molar refractivity (Wildman–Crippen MR) is 79.1 cm³/mol. The molecule has 0 amide bonds. The highest BCUT2D eigenvalue weighted by Gasteiger charge is 2.27. The van der Waals surface area contributed by atoms with Crippen LogP contribution in [0.2, 0.25) is 0 Å². The first-order valence-electron chi connectivity index (χ1n) is 7.79. The molecular weight excluding hydrogens is 270 g/mol. The summed E-state index contributed by atoms with van der Waals surface area (Å²) >= 11 is 1.71. The van der Waals surface area contributed by atoms with Gasteiger partial charge >= 0.3 is 0 Å². The van der Waals surface area contributed by atoms with Crippen molar-refractivity contribution in [2.75, 3.05) is 0 Å². The van der Waals surface area contributed by atoms with Gasteiger partial charge in [0.15, 0.2) is 5.82 Å². The number of nitrogens with zero attached hydrogens (tertiary/aromatic N) is 4. The predicted octanol–water partition coefficient (Wildman–Crippen LogP) is 2.83. The number of nitrogens with two attached hydrogens (primary N) is 1. The van der Waals surface area contributed by atoms with E-state index in [2.05, 4.69) is 10.2 Å². The summed E-state index contributed by atoms with van der Waals surface area (Å²) in [6, 6.07) is 0.345. The van der Waals surface area contributed by atoms with Gasteiger partial charge in [-0.3, -0.25) is 0 Å². The molecule has 2 aliphatic carbocycles.